The van der Waals surface area contributed by atoms with Crippen molar-refractivity contribution in [2.75, 3.05) is 31.2 Å². The zero-order valence-electron chi connectivity index (χ0n) is 14.1. The zero-order valence-corrected chi connectivity index (χ0v) is 14.1. The number of nitrogens with one attached hydrogen (secondary N) is 1. The molecule has 4 rings (SSSR count). The molecule has 0 spiro atoms. The first-order valence-electron chi connectivity index (χ1n) is 9.07. The van der Waals surface area contributed by atoms with Gasteiger partial charge < -0.3 is 15.0 Å². The third kappa shape index (κ3) is 2.90. The van der Waals surface area contributed by atoms with Gasteiger partial charge in [0.1, 0.15) is 5.82 Å². The highest BCUT2D eigenvalue weighted by atomic mass is 19.1. The van der Waals surface area contributed by atoms with Gasteiger partial charge in [-0.05, 0) is 49.8 Å². The molecule has 1 amide bonds. The van der Waals surface area contributed by atoms with Gasteiger partial charge in [0, 0.05) is 30.3 Å². The minimum atomic E-state index is -0.258. The van der Waals surface area contributed by atoms with Gasteiger partial charge in [0.2, 0.25) is 5.91 Å². The van der Waals surface area contributed by atoms with Gasteiger partial charge in [0.25, 0.3) is 0 Å². The molecule has 0 aromatic heterocycles. The zero-order chi connectivity index (χ0) is 16.7. The summed E-state index contributed by atoms with van der Waals surface area (Å²) < 4.78 is 19.2. The van der Waals surface area contributed by atoms with E-state index in [4.69, 9.17) is 4.74 Å². The molecule has 1 saturated heterocycles. The van der Waals surface area contributed by atoms with Crippen molar-refractivity contribution < 1.29 is 13.9 Å². The number of benzene rings is 1. The van der Waals surface area contributed by atoms with Crippen LogP contribution in [0.25, 0.3) is 0 Å². The Balaban J connectivity index is 1.49. The van der Waals surface area contributed by atoms with E-state index >= 15 is 0 Å². The summed E-state index contributed by atoms with van der Waals surface area (Å²) in [6.45, 7) is 4.92. The Morgan fingerprint density at radius 3 is 2.71 bits per heavy atom. The number of halogens is 1. The second-order valence-corrected chi connectivity index (χ2v) is 7.32. The first kappa shape index (κ1) is 15.9. The van der Waals surface area contributed by atoms with Gasteiger partial charge in [0.15, 0.2) is 0 Å². The number of hydrogen-bond acceptors (Lipinski definition) is 3. The molecule has 4 nitrogen and oxygen atoms in total. The Hall–Kier alpha value is -1.62. The van der Waals surface area contributed by atoms with Gasteiger partial charge in [0.05, 0.1) is 19.3 Å². The van der Waals surface area contributed by atoms with Crippen LogP contribution < -0.4 is 10.2 Å². The van der Waals surface area contributed by atoms with Crippen molar-refractivity contribution in [3.05, 3.63) is 29.6 Å². The van der Waals surface area contributed by atoms with Gasteiger partial charge in [-0.2, -0.15) is 0 Å². The maximum atomic E-state index is 13.8. The molecule has 4 atom stereocenters. The van der Waals surface area contributed by atoms with E-state index < -0.39 is 0 Å². The summed E-state index contributed by atoms with van der Waals surface area (Å²) in [5, 5.41) is 3.13. The molecule has 1 aliphatic heterocycles. The number of carbonyl (C=O) groups is 1. The summed E-state index contributed by atoms with van der Waals surface area (Å²) in [6, 6.07) is 4.69. The van der Waals surface area contributed by atoms with Crippen molar-refractivity contribution in [1.82, 2.24) is 5.32 Å². The van der Waals surface area contributed by atoms with Crippen LogP contribution in [0.2, 0.25) is 0 Å². The van der Waals surface area contributed by atoms with E-state index in [9.17, 15) is 9.18 Å². The number of rotatable bonds is 4. The highest BCUT2D eigenvalue weighted by molar-refractivity contribution is 5.83. The Labute approximate surface area is 142 Å². The third-order valence-corrected chi connectivity index (χ3v) is 5.88. The molecule has 24 heavy (non-hydrogen) atoms. The maximum Gasteiger partial charge on any atom is 0.224 e. The van der Waals surface area contributed by atoms with Gasteiger partial charge in [-0.25, -0.2) is 4.39 Å². The molecule has 2 saturated carbocycles. The number of fused-ring (bicyclic) bond motifs is 1. The van der Waals surface area contributed by atoms with Gasteiger partial charge in [-0.3, -0.25) is 4.79 Å². The van der Waals surface area contributed by atoms with Crippen LogP contribution in [-0.2, 0) is 9.53 Å². The summed E-state index contributed by atoms with van der Waals surface area (Å²) in [4.78, 5) is 14.8. The van der Waals surface area contributed by atoms with Gasteiger partial charge in [-0.15, -0.1) is 0 Å². The second kappa shape index (κ2) is 6.36. The van der Waals surface area contributed by atoms with Crippen LogP contribution in [-0.4, -0.2) is 32.2 Å². The van der Waals surface area contributed by atoms with Crippen molar-refractivity contribution in [1.29, 1.82) is 0 Å². The molecule has 0 bridgehead atoms. The summed E-state index contributed by atoms with van der Waals surface area (Å²) in [6.07, 6.45) is 3.64. The molecule has 1 aromatic carbocycles. The SMILES string of the molecule is C[C@@H](NC(=O)C1[C@H]2CCC[C@@H]12)c1cc(F)ccc1N1CCOCC1. The van der Waals surface area contributed by atoms with E-state index in [1.54, 1.807) is 6.07 Å². The fourth-order valence-electron chi connectivity index (χ4n) is 4.56. The highest BCUT2D eigenvalue weighted by Gasteiger charge is 2.56. The summed E-state index contributed by atoms with van der Waals surface area (Å²) in [7, 11) is 0. The number of carbonyl (C=O) groups excluding carboxylic acids is 1. The quantitative estimate of drug-likeness (QED) is 0.922. The summed E-state index contributed by atoms with van der Waals surface area (Å²) >= 11 is 0. The molecule has 5 heteroatoms. The van der Waals surface area contributed by atoms with Crippen molar-refractivity contribution in [2.45, 2.75) is 32.2 Å². The number of ether oxygens (including phenoxy) is 1. The van der Waals surface area contributed by atoms with Crippen LogP contribution in [0.1, 0.15) is 37.8 Å². The van der Waals surface area contributed by atoms with Crippen LogP contribution >= 0.6 is 0 Å². The first-order valence-corrected chi connectivity index (χ1v) is 9.07. The van der Waals surface area contributed by atoms with E-state index in [1.165, 1.54) is 25.3 Å². The van der Waals surface area contributed by atoms with E-state index in [-0.39, 0.29) is 23.7 Å². The minimum Gasteiger partial charge on any atom is -0.378 e. The largest absolute Gasteiger partial charge is 0.378 e. The van der Waals surface area contributed by atoms with E-state index in [0.717, 1.165) is 24.3 Å². The normalized spacial score (nSPS) is 29.9. The number of morpholine rings is 1. The highest BCUT2D eigenvalue weighted by Crippen LogP contribution is 2.57. The average Bonchev–Trinajstić information content (AvgIpc) is 3.08. The lowest BCUT2D eigenvalue weighted by Crippen LogP contribution is -2.38. The van der Waals surface area contributed by atoms with Gasteiger partial charge in [-0.1, -0.05) is 6.42 Å². The number of hydrogen-bond donors (Lipinski definition) is 1. The Bertz CT molecular complexity index is 620. The smallest absolute Gasteiger partial charge is 0.224 e. The molecule has 3 fully saturated rings. The Morgan fingerprint density at radius 1 is 1.29 bits per heavy atom. The summed E-state index contributed by atoms with van der Waals surface area (Å²) in [5.41, 5.74) is 1.86. The average molecular weight is 332 g/mol. The molecule has 2 aliphatic carbocycles. The number of anilines is 1. The molecule has 3 aliphatic rings. The lowest BCUT2D eigenvalue weighted by atomic mass is 10.0. The first-order chi connectivity index (χ1) is 11.6. The predicted molar refractivity (Wildman–Crippen MR) is 90.3 cm³/mol. The van der Waals surface area contributed by atoms with Crippen molar-refractivity contribution in [3.8, 4) is 0 Å². The molecular weight excluding hydrogens is 307 g/mol. The van der Waals surface area contributed by atoms with Crippen LogP contribution in [0.5, 0.6) is 0 Å². The topological polar surface area (TPSA) is 41.6 Å². The van der Waals surface area contributed by atoms with Crippen molar-refractivity contribution in [3.63, 3.8) is 0 Å². The Kier molecular flexibility index (Phi) is 4.21. The van der Waals surface area contributed by atoms with Crippen molar-refractivity contribution in [2.24, 2.45) is 17.8 Å². The van der Waals surface area contributed by atoms with Gasteiger partial charge >= 0.3 is 0 Å². The molecule has 1 unspecified atom stereocenters. The molecule has 130 valence electrons. The van der Waals surface area contributed by atoms with Crippen molar-refractivity contribution >= 4 is 11.6 Å². The molecule has 1 N–H and O–H groups in total. The van der Waals surface area contributed by atoms with E-state index in [0.29, 0.717) is 25.0 Å². The maximum absolute atomic E-state index is 13.8. The van der Waals surface area contributed by atoms with E-state index in [1.807, 2.05) is 13.0 Å². The fraction of sp³-hybridized carbons (Fsp3) is 0.632. The lowest BCUT2D eigenvalue weighted by molar-refractivity contribution is -0.123. The second-order valence-electron chi connectivity index (χ2n) is 7.32. The Morgan fingerprint density at radius 2 is 2.00 bits per heavy atom. The van der Waals surface area contributed by atoms with Crippen LogP contribution in [0, 0.1) is 23.6 Å². The van der Waals surface area contributed by atoms with Crippen LogP contribution in [0.3, 0.4) is 0 Å². The molecule has 0 radical (unpaired) electrons. The predicted octanol–water partition coefficient (Wildman–Crippen LogP) is 2.89. The number of amides is 1. The fourth-order valence-corrected chi connectivity index (χ4v) is 4.56. The molecule has 1 aromatic rings. The van der Waals surface area contributed by atoms with Crippen LogP contribution in [0.15, 0.2) is 18.2 Å². The molecule has 1 heterocycles. The monoisotopic (exact) mass is 332 g/mol. The third-order valence-electron chi connectivity index (χ3n) is 5.88. The molecular formula is C19H25FN2O2. The lowest BCUT2D eigenvalue weighted by Gasteiger charge is -2.32. The standard InChI is InChI=1S/C19H25FN2O2/c1-12(21-19(23)18-14-3-2-4-15(14)18)16-11-13(20)5-6-17(16)22-7-9-24-10-8-22/h5-6,11-12,14-15,18H,2-4,7-10H2,1H3,(H,21,23)/t12-,14-,15+,18?/m1/s1. The number of nitrogens with zero attached hydrogens (tertiary/aromatic N) is 1. The van der Waals surface area contributed by atoms with Crippen LogP contribution in [0.4, 0.5) is 10.1 Å². The summed E-state index contributed by atoms with van der Waals surface area (Å²) in [5.74, 6) is 1.29. The minimum absolute atomic E-state index is 0.148. The van der Waals surface area contributed by atoms with E-state index in [2.05, 4.69) is 10.2 Å².